The number of benzene rings is 1. The molecule has 13 heavy (non-hydrogen) atoms. The lowest BCUT2D eigenvalue weighted by Gasteiger charge is -2.18. The standard InChI is InChI=1S/C8H9N2O2S/c9-7-3-1-2-6-4-5-13(11,12)10-8(6)7/h1-3,9-10H,4-5H2. The molecule has 0 fully saturated rings. The minimum Gasteiger partial charge on any atom is -0.299 e. The van der Waals surface area contributed by atoms with E-state index in [9.17, 15) is 8.42 Å². The van der Waals surface area contributed by atoms with E-state index >= 15 is 0 Å². The van der Waals surface area contributed by atoms with Crippen LogP contribution >= 0.6 is 0 Å². The zero-order chi connectivity index (χ0) is 9.47. The third-order valence-corrected chi connectivity index (χ3v) is 3.31. The van der Waals surface area contributed by atoms with Crippen molar-refractivity contribution in [1.29, 1.82) is 0 Å². The molecule has 1 radical (unpaired) electrons. The summed E-state index contributed by atoms with van der Waals surface area (Å²) in [4.78, 5) is 0. The molecule has 1 aromatic rings. The highest BCUT2D eigenvalue weighted by molar-refractivity contribution is 7.92. The summed E-state index contributed by atoms with van der Waals surface area (Å²) in [5, 5.41) is 0. The molecule has 1 aromatic carbocycles. The topological polar surface area (TPSA) is 70.0 Å². The van der Waals surface area contributed by atoms with Gasteiger partial charge in [-0.15, -0.1) is 0 Å². The first-order chi connectivity index (χ1) is 6.08. The first kappa shape index (κ1) is 8.37. The van der Waals surface area contributed by atoms with Crippen LogP contribution in [0.15, 0.2) is 18.2 Å². The van der Waals surface area contributed by atoms with Crippen LogP contribution in [0.1, 0.15) is 5.56 Å². The largest absolute Gasteiger partial charge is 0.299 e. The Balaban J connectivity index is 2.56. The second kappa shape index (κ2) is 2.63. The molecule has 1 aliphatic rings. The van der Waals surface area contributed by atoms with E-state index in [1.165, 1.54) is 0 Å². The molecule has 4 nitrogen and oxygen atoms in total. The van der Waals surface area contributed by atoms with Crippen LogP contribution in [0.25, 0.3) is 0 Å². The fourth-order valence-electron chi connectivity index (χ4n) is 1.38. The minimum absolute atomic E-state index is 0.115. The zero-order valence-electron chi connectivity index (χ0n) is 6.87. The number of anilines is 1. The van der Waals surface area contributed by atoms with Gasteiger partial charge in [0, 0.05) is 0 Å². The maximum absolute atomic E-state index is 11.2. The highest BCUT2D eigenvalue weighted by Crippen LogP contribution is 2.29. The summed E-state index contributed by atoms with van der Waals surface area (Å²) in [6.45, 7) is 0. The van der Waals surface area contributed by atoms with Crippen molar-refractivity contribution in [2.45, 2.75) is 6.42 Å². The van der Waals surface area contributed by atoms with Gasteiger partial charge in [-0.25, -0.2) is 8.42 Å². The van der Waals surface area contributed by atoms with Crippen LogP contribution in [0.5, 0.6) is 0 Å². The molecule has 0 bridgehead atoms. The van der Waals surface area contributed by atoms with Crippen molar-refractivity contribution in [3.63, 3.8) is 0 Å². The quantitative estimate of drug-likeness (QED) is 0.671. The van der Waals surface area contributed by atoms with Crippen molar-refractivity contribution >= 4 is 21.4 Å². The monoisotopic (exact) mass is 197 g/mol. The first-order valence-corrected chi connectivity index (χ1v) is 5.58. The van der Waals surface area contributed by atoms with E-state index < -0.39 is 10.0 Å². The van der Waals surface area contributed by atoms with E-state index in [1.54, 1.807) is 12.1 Å². The number of para-hydroxylation sites is 1. The summed E-state index contributed by atoms with van der Waals surface area (Å²) >= 11 is 0. The molecule has 0 spiro atoms. The van der Waals surface area contributed by atoms with Gasteiger partial charge in [-0.1, -0.05) is 12.1 Å². The van der Waals surface area contributed by atoms with Crippen molar-refractivity contribution in [3.8, 4) is 0 Å². The summed E-state index contributed by atoms with van der Waals surface area (Å²) in [6, 6.07) is 5.18. The Morgan fingerprint density at radius 3 is 2.92 bits per heavy atom. The lowest BCUT2D eigenvalue weighted by molar-refractivity contribution is 0.599. The lowest BCUT2D eigenvalue weighted by atomic mass is 10.1. The highest BCUT2D eigenvalue weighted by atomic mass is 32.2. The van der Waals surface area contributed by atoms with Crippen molar-refractivity contribution in [2.75, 3.05) is 10.5 Å². The molecule has 2 rings (SSSR count). The van der Waals surface area contributed by atoms with Gasteiger partial charge in [0.1, 0.15) is 0 Å². The molecular weight excluding hydrogens is 188 g/mol. The fourth-order valence-corrected chi connectivity index (χ4v) is 2.52. The van der Waals surface area contributed by atoms with Crippen LogP contribution in [0.4, 0.5) is 11.4 Å². The molecule has 69 valence electrons. The van der Waals surface area contributed by atoms with Crippen LogP contribution in [0, 0.1) is 0 Å². The number of sulfonamides is 1. The predicted molar refractivity (Wildman–Crippen MR) is 50.3 cm³/mol. The molecule has 2 N–H and O–H groups in total. The number of aryl methyl sites for hydroxylation is 1. The van der Waals surface area contributed by atoms with Crippen LogP contribution in [0.3, 0.4) is 0 Å². The lowest BCUT2D eigenvalue weighted by Crippen LogP contribution is -2.24. The van der Waals surface area contributed by atoms with Gasteiger partial charge >= 0.3 is 0 Å². The molecule has 0 aliphatic carbocycles. The predicted octanol–water partition coefficient (Wildman–Crippen LogP) is 0.899. The minimum atomic E-state index is -3.19. The summed E-state index contributed by atoms with van der Waals surface area (Å²) in [5.41, 5.74) is 9.08. The first-order valence-electron chi connectivity index (χ1n) is 3.92. The molecule has 1 aliphatic heterocycles. The van der Waals surface area contributed by atoms with Gasteiger partial charge in [-0.05, 0) is 18.1 Å². The SMILES string of the molecule is [NH]c1cccc2c1NS(=O)(=O)CC2. The van der Waals surface area contributed by atoms with Crippen LogP contribution in [0.2, 0.25) is 0 Å². The second-order valence-electron chi connectivity index (χ2n) is 3.01. The third-order valence-electron chi connectivity index (χ3n) is 2.05. The van der Waals surface area contributed by atoms with Crippen molar-refractivity contribution in [2.24, 2.45) is 0 Å². The maximum Gasteiger partial charge on any atom is 0.233 e. The summed E-state index contributed by atoms with van der Waals surface area (Å²) in [5.74, 6) is 0.115. The van der Waals surface area contributed by atoms with Crippen molar-refractivity contribution in [1.82, 2.24) is 5.73 Å². The number of nitrogens with one attached hydrogen (secondary N) is 2. The molecule has 0 atom stereocenters. The Morgan fingerprint density at radius 1 is 1.38 bits per heavy atom. The van der Waals surface area contributed by atoms with E-state index in [4.69, 9.17) is 5.73 Å². The van der Waals surface area contributed by atoms with Gasteiger partial charge in [0.25, 0.3) is 0 Å². The van der Waals surface area contributed by atoms with Gasteiger partial charge in [0.2, 0.25) is 10.0 Å². The maximum atomic E-state index is 11.2. The Kier molecular flexibility index (Phi) is 1.69. The molecule has 0 amide bonds. The summed E-state index contributed by atoms with van der Waals surface area (Å²) in [7, 11) is -3.19. The molecule has 0 aromatic heterocycles. The Hall–Kier alpha value is -1.23. The average Bonchev–Trinajstić information content (AvgIpc) is 2.06. The van der Waals surface area contributed by atoms with Crippen LogP contribution < -0.4 is 10.5 Å². The van der Waals surface area contributed by atoms with Gasteiger partial charge in [0.05, 0.1) is 17.1 Å². The van der Waals surface area contributed by atoms with Gasteiger partial charge in [0.15, 0.2) is 0 Å². The smallest absolute Gasteiger partial charge is 0.233 e. The van der Waals surface area contributed by atoms with Crippen LogP contribution in [-0.4, -0.2) is 14.2 Å². The summed E-state index contributed by atoms with van der Waals surface area (Å²) < 4.78 is 24.7. The number of rotatable bonds is 0. The van der Waals surface area contributed by atoms with E-state index in [2.05, 4.69) is 4.72 Å². The van der Waals surface area contributed by atoms with E-state index in [0.29, 0.717) is 12.1 Å². The van der Waals surface area contributed by atoms with Gasteiger partial charge < -0.3 is 0 Å². The third kappa shape index (κ3) is 1.47. The number of hydrogen-bond donors (Lipinski definition) is 1. The average molecular weight is 197 g/mol. The normalized spacial score (nSPS) is 18.8. The molecule has 0 unspecified atom stereocenters. The fraction of sp³-hybridized carbons (Fsp3) is 0.250. The highest BCUT2D eigenvalue weighted by Gasteiger charge is 2.21. The molecule has 0 saturated heterocycles. The van der Waals surface area contributed by atoms with E-state index in [-0.39, 0.29) is 11.4 Å². The number of fused-ring (bicyclic) bond motifs is 1. The zero-order valence-corrected chi connectivity index (χ0v) is 7.69. The molecule has 5 heteroatoms. The molecular formula is C8H9N2O2S. The van der Waals surface area contributed by atoms with Gasteiger partial charge in [-0.2, -0.15) is 0 Å². The van der Waals surface area contributed by atoms with Crippen molar-refractivity contribution < 1.29 is 8.42 Å². The Labute approximate surface area is 76.8 Å². The van der Waals surface area contributed by atoms with E-state index in [1.807, 2.05) is 6.07 Å². The van der Waals surface area contributed by atoms with Crippen molar-refractivity contribution in [3.05, 3.63) is 23.8 Å². The number of hydrogen-bond acceptors (Lipinski definition) is 2. The van der Waals surface area contributed by atoms with Gasteiger partial charge in [-0.3, -0.25) is 10.5 Å². The van der Waals surface area contributed by atoms with E-state index in [0.717, 1.165) is 5.56 Å². The molecule has 1 heterocycles. The Morgan fingerprint density at radius 2 is 2.15 bits per heavy atom. The Bertz CT molecular complexity index is 439. The molecule has 0 saturated carbocycles. The van der Waals surface area contributed by atoms with Crippen LogP contribution in [-0.2, 0) is 16.4 Å². The second-order valence-corrected chi connectivity index (χ2v) is 4.85. The summed E-state index contributed by atoms with van der Waals surface area (Å²) in [6.07, 6.45) is 0.497.